The summed E-state index contributed by atoms with van der Waals surface area (Å²) in [6, 6.07) is 8.34. The van der Waals surface area contributed by atoms with Crippen molar-refractivity contribution in [3.8, 4) is 11.3 Å². The summed E-state index contributed by atoms with van der Waals surface area (Å²) in [6.45, 7) is 0. The van der Waals surface area contributed by atoms with E-state index in [1.54, 1.807) is 0 Å². The van der Waals surface area contributed by atoms with Crippen LogP contribution in [0, 0.1) is 0 Å². The minimum absolute atomic E-state index is 0.352. The maximum atomic E-state index is 5.62. The fraction of sp³-hybridized carbons (Fsp3) is 0.167. The molecule has 0 unspecified atom stereocenters. The standard InChI is InChI=1S/C12H11N3/c13-12-14-7-9-6-5-8-3-1-2-4-10(8)11(9)15-12/h1-4,7H,5-6H2,(H2,13,14,15). The van der Waals surface area contributed by atoms with E-state index in [2.05, 4.69) is 28.2 Å². The van der Waals surface area contributed by atoms with Gasteiger partial charge >= 0.3 is 0 Å². The number of hydrogen-bond acceptors (Lipinski definition) is 3. The number of nitrogens with two attached hydrogens (primary N) is 1. The second kappa shape index (κ2) is 3.05. The first kappa shape index (κ1) is 8.41. The third-order valence-corrected chi connectivity index (χ3v) is 2.82. The van der Waals surface area contributed by atoms with Crippen LogP contribution in [-0.2, 0) is 12.8 Å². The maximum absolute atomic E-state index is 5.62. The van der Waals surface area contributed by atoms with Crippen LogP contribution in [0.3, 0.4) is 0 Å². The van der Waals surface area contributed by atoms with Gasteiger partial charge in [0.1, 0.15) is 0 Å². The largest absolute Gasteiger partial charge is 0.368 e. The van der Waals surface area contributed by atoms with Crippen molar-refractivity contribution in [3.05, 3.63) is 41.6 Å². The first-order valence-electron chi connectivity index (χ1n) is 5.04. The summed E-state index contributed by atoms with van der Waals surface area (Å²) >= 11 is 0. The Bertz CT molecular complexity index is 520. The van der Waals surface area contributed by atoms with E-state index in [4.69, 9.17) is 5.73 Å². The molecule has 0 atom stereocenters. The summed E-state index contributed by atoms with van der Waals surface area (Å²) < 4.78 is 0. The molecule has 74 valence electrons. The molecule has 1 aromatic carbocycles. The number of fused-ring (bicyclic) bond motifs is 3. The van der Waals surface area contributed by atoms with E-state index in [1.807, 2.05) is 12.3 Å². The zero-order valence-corrected chi connectivity index (χ0v) is 8.27. The summed E-state index contributed by atoms with van der Waals surface area (Å²) in [5.41, 5.74) is 10.4. The van der Waals surface area contributed by atoms with Gasteiger partial charge in [0.25, 0.3) is 0 Å². The Morgan fingerprint density at radius 3 is 2.80 bits per heavy atom. The fourth-order valence-electron chi connectivity index (χ4n) is 2.08. The van der Waals surface area contributed by atoms with Crippen molar-refractivity contribution in [2.24, 2.45) is 0 Å². The van der Waals surface area contributed by atoms with Crippen molar-refractivity contribution in [3.63, 3.8) is 0 Å². The molecule has 0 aliphatic heterocycles. The van der Waals surface area contributed by atoms with Gasteiger partial charge in [-0.3, -0.25) is 0 Å². The molecule has 0 bridgehead atoms. The van der Waals surface area contributed by atoms with Crippen molar-refractivity contribution in [2.45, 2.75) is 12.8 Å². The summed E-state index contributed by atoms with van der Waals surface area (Å²) in [6.07, 6.45) is 3.91. The number of nitrogens with zero attached hydrogens (tertiary/aromatic N) is 2. The highest BCUT2D eigenvalue weighted by atomic mass is 15.0. The van der Waals surface area contributed by atoms with E-state index < -0.39 is 0 Å². The van der Waals surface area contributed by atoms with Gasteiger partial charge in [-0.15, -0.1) is 0 Å². The number of hydrogen-bond donors (Lipinski definition) is 1. The van der Waals surface area contributed by atoms with E-state index in [-0.39, 0.29) is 0 Å². The van der Waals surface area contributed by atoms with Gasteiger partial charge in [0.05, 0.1) is 5.69 Å². The van der Waals surface area contributed by atoms with Crippen molar-refractivity contribution in [1.82, 2.24) is 9.97 Å². The van der Waals surface area contributed by atoms with E-state index in [0.29, 0.717) is 5.95 Å². The molecule has 1 heterocycles. The Kier molecular flexibility index (Phi) is 1.71. The second-order valence-corrected chi connectivity index (χ2v) is 3.76. The lowest BCUT2D eigenvalue weighted by Crippen LogP contribution is -2.08. The van der Waals surface area contributed by atoms with E-state index in [0.717, 1.165) is 18.5 Å². The van der Waals surface area contributed by atoms with E-state index in [9.17, 15) is 0 Å². The van der Waals surface area contributed by atoms with Crippen LogP contribution < -0.4 is 5.73 Å². The normalized spacial score (nSPS) is 13.1. The van der Waals surface area contributed by atoms with Gasteiger partial charge in [0, 0.05) is 11.8 Å². The van der Waals surface area contributed by atoms with Gasteiger partial charge in [-0.05, 0) is 24.0 Å². The number of anilines is 1. The summed E-state index contributed by atoms with van der Waals surface area (Å²) in [4.78, 5) is 8.35. The predicted molar refractivity (Wildman–Crippen MR) is 59.3 cm³/mol. The van der Waals surface area contributed by atoms with E-state index >= 15 is 0 Å². The molecular weight excluding hydrogens is 186 g/mol. The molecule has 15 heavy (non-hydrogen) atoms. The Morgan fingerprint density at radius 1 is 1.07 bits per heavy atom. The minimum atomic E-state index is 0.352. The highest BCUT2D eigenvalue weighted by Gasteiger charge is 2.16. The summed E-state index contributed by atoms with van der Waals surface area (Å²) in [5, 5.41) is 0. The molecule has 0 amide bonds. The fourth-order valence-corrected chi connectivity index (χ4v) is 2.08. The third-order valence-electron chi connectivity index (χ3n) is 2.82. The average Bonchev–Trinajstić information content (AvgIpc) is 2.29. The predicted octanol–water partition coefficient (Wildman–Crippen LogP) is 1.82. The van der Waals surface area contributed by atoms with Crippen molar-refractivity contribution < 1.29 is 0 Å². The topological polar surface area (TPSA) is 51.8 Å². The monoisotopic (exact) mass is 197 g/mol. The lowest BCUT2D eigenvalue weighted by atomic mass is 9.90. The molecular formula is C12H11N3. The molecule has 0 spiro atoms. The molecule has 3 heteroatoms. The lowest BCUT2D eigenvalue weighted by molar-refractivity contribution is 0.913. The van der Waals surface area contributed by atoms with Crippen LogP contribution in [0.4, 0.5) is 5.95 Å². The molecule has 3 rings (SSSR count). The van der Waals surface area contributed by atoms with Crippen LogP contribution in [0.5, 0.6) is 0 Å². The molecule has 0 fully saturated rings. The molecule has 1 aliphatic carbocycles. The average molecular weight is 197 g/mol. The molecule has 1 aliphatic rings. The number of nitrogen functional groups attached to an aromatic ring is 1. The van der Waals surface area contributed by atoms with Gasteiger partial charge in [0.15, 0.2) is 0 Å². The third kappa shape index (κ3) is 1.28. The highest BCUT2D eigenvalue weighted by molar-refractivity contribution is 5.69. The van der Waals surface area contributed by atoms with Gasteiger partial charge in [-0.25, -0.2) is 9.97 Å². The number of rotatable bonds is 0. The molecule has 0 saturated heterocycles. The Labute approximate surface area is 88.0 Å². The van der Waals surface area contributed by atoms with Crippen LogP contribution in [0.1, 0.15) is 11.1 Å². The summed E-state index contributed by atoms with van der Waals surface area (Å²) in [7, 11) is 0. The molecule has 1 aromatic heterocycles. The summed E-state index contributed by atoms with van der Waals surface area (Å²) in [5.74, 6) is 0.352. The molecule has 2 aromatic rings. The number of aromatic nitrogens is 2. The number of benzene rings is 1. The first-order valence-corrected chi connectivity index (χ1v) is 5.04. The zero-order chi connectivity index (χ0) is 10.3. The van der Waals surface area contributed by atoms with Crippen LogP contribution >= 0.6 is 0 Å². The van der Waals surface area contributed by atoms with E-state index in [1.165, 1.54) is 16.7 Å². The van der Waals surface area contributed by atoms with Gasteiger partial charge in [-0.1, -0.05) is 24.3 Å². The Morgan fingerprint density at radius 2 is 1.87 bits per heavy atom. The Balaban J connectivity index is 2.28. The minimum Gasteiger partial charge on any atom is -0.368 e. The number of aryl methyl sites for hydroxylation is 2. The lowest BCUT2D eigenvalue weighted by Gasteiger charge is -2.17. The molecule has 0 saturated carbocycles. The van der Waals surface area contributed by atoms with Crippen LogP contribution in [-0.4, -0.2) is 9.97 Å². The van der Waals surface area contributed by atoms with Crippen molar-refractivity contribution in [1.29, 1.82) is 0 Å². The maximum Gasteiger partial charge on any atom is 0.220 e. The molecule has 0 radical (unpaired) electrons. The van der Waals surface area contributed by atoms with Crippen molar-refractivity contribution >= 4 is 5.95 Å². The first-order chi connectivity index (χ1) is 7.34. The van der Waals surface area contributed by atoms with Gasteiger partial charge in [0.2, 0.25) is 5.95 Å². The smallest absolute Gasteiger partial charge is 0.220 e. The van der Waals surface area contributed by atoms with Gasteiger partial charge < -0.3 is 5.73 Å². The van der Waals surface area contributed by atoms with Crippen LogP contribution in [0.15, 0.2) is 30.5 Å². The molecule has 2 N–H and O–H groups in total. The molecule has 3 nitrogen and oxygen atoms in total. The Hall–Kier alpha value is -1.90. The SMILES string of the molecule is Nc1ncc2c(n1)-c1ccccc1CC2. The van der Waals surface area contributed by atoms with Crippen LogP contribution in [0.2, 0.25) is 0 Å². The highest BCUT2D eigenvalue weighted by Crippen LogP contribution is 2.31. The zero-order valence-electron chi connectivity index (χ0n) is 8.27. The van der Waals surface area contributed by atoms with Crippen molar-refractivity contribution in [2.75, 3.05) is 5.73 Å². The quantitative estimate of drug-likeness (QED) is 0.701. The van der Waals surface area contributed by atoms with Gasteiger partial charge in [-0.2, -0.15) is 0 Å². The second-order valence-electron chi connectivity index (χ2n) is 3.76. The van der Waals surface area contributed by atoms with Crippen LogP contribution in [0.25, 0.3) is 11.3 Å².